The third-order valence-electron chi connectivity index (χ3n) is 3.36. The van der Waals surface area contributed by atoms with E-state index in [9.17, 15) is 8.42 Å². The van der Waals surface area contributed by atoms with E-state index in [4.69, 9.17) is 0 Å². The second-order valence-corrected chi connectivity index (χ2v) is 7.34. The van der Waals surface area contributed by atoms with E-state index in [0.717, 1.165) is 5.56 Å². The van der Waals surface area contributed by atoms with Gasteiger partial charge in [-0.1, -0.05) is 26.0 Å². The second kappa shape index (κ2) is 5.32. The molecule has 0 spiro atoms. The molecule has 1 atom stereocenters. The van der Waals surface area contributed by atoms with Crippen LogP contribution in [0.3, 0.4) is 0 Å². The molecule has 108 valence electrons. The van der Waals surface area contributed by atoms with Crippen molar-refractivity contribution in [1.82, 2.24) is 20.2 Å². The Morgan fingerprint density at radius 2 is 1.70 bits per heavy atom. The van der Waals surface area contributed by atoms with Crippen LogP contribution < -0.4 is 0 Å². The lowest BCUT2D eigenvalue weighted by Gasteiger charge is -2.12. The second-order valence-electron chi connectivity index (χ2n) is 5.07. The van der Waals surface area contributed by atoms with Gasteiger partial charge in [0, 0.05) is 7.05 Å². The zero-order chi connectivity index (χ0) is 14.9. The Morgan fingerprint density at radius 3 is 2.15 bits per heavy atom. The van der Waals surface area contributed by atoms with Gasteiger partial charge in [0.05, 0.1) is 4.90 Å². The topological polar surface area (TPSA) is 77.7 Å². The molecule has 0 N–H and O–H groups in total. The van der Waals surface area contributed by atoms with E-state index in [-0.39, 0.29) is 4.90 Å². The van der Waals surface area contributed by atoms with Gasteiger partial charge in [-0.05, 0) is 41.0 Å². The maximum absolute atomic E-state index is 12.6. The molecule has 6 nitrogen and oxygen atoms in total. The first kappa shape index (κ1) is 14.6. The Hall–Kier alpha value is -1.76. The fourth-order valence-corrected chi connectivity index (χ4v) is 3.37. The molecule has 0 fully saturated rings. The first-order valence-electron chi connectivity index (χ1n) is 6.40. The normalized spacial score (nSPS) is 13.7. The Balaban J connectivity index is 2.37. The Labute approximate surface area is 118 Å². The lowest BCUT2D eigenvalue weighted by Crippen LogP contribution is -2.15. The molecular formula is C13H18N4O2S. The number of aryl methyl sites for hydroxylation is 1. The van der Waals surface area contributed by atoms with Gasteiger partial charge in [-0.3, -0.25) is 0 Å². The van der Waals surface area contributed by atoms with E-state index in [1.54, 1.807) is 26.1 Å². The molecule has 0 aliphatic carbocycles. The number of tetrazole rings is 1. The molecule has 1 aromatic heterocycles. The summed E-state index contributed by atoms with van der Waals surface area (Å²) in [6.07, 6.45) is 0. The van der Waals surface area contributed by atoms with Gasteiger partial charge in [0.1, 0.15) is 5.25 Å². The molecule has 0 radical (unpaired) electrons. The number of benzene rings is 1. The molecule has 1 unspecified atom stereocenters. The smallest absolute Gasteiger partial charge is 0.188 e. The molecule has 0 bridgehead atoms. The molecule has 0 saturated carbocycles. The van der Waals surface area contributed by atoms with Crippen LogP contribution in [-0.2, 0) is 16.9 Å². The first-order chi connectivity index (χ1) is 9.34. The van der Waals surface area contributed by atoms with Crippen LogP contribution in [0.4, 0.5) is 0 Å². The summed E-state index contributed by atoms with van der Waals surface area (Å²) in [5, 5.41) is 10.2. The van der Waals surface area contributed by atoms with Gasteiger partial charge in [0.25, 0.3) is 0 Å². The van der Waals surface area contributed by atoms with Crippen LogP contribution in [0.1, 0.15) is 43.3 Å². The summed E-state index contributed by atoms with van der Waals surface area (Å²) in [5.41, 5.74) is 1.11. The Bertz CT molecular complexity index is 689. The largest absolute Gasteiger partial charge is 0.231 e. The molecule has 2 aromatic rings. The summed E-state index contributed by atoms with van der Waals surface area (Å²) in [7, 11) is -1.86. The molecule has 7 heteroatoms. The molecule has 0 amide bonds. The SMILES string of the molecule is CC(C)c1ccc(S(=O)(=O)C(C)c2nnnn2C)cc1. The van der Waals surface area contributed by atoms with Crippen LogP contribution in [-0.4, -0.2) is 28.6 Å². The van der Waals surface area contributed by atoms with E-state index >= 15 is 0 Å². The van der Waals surface area contributed by atoms with Crippen molar-refractivity contribution in [2.24, 2.45) is 7.05 Å². The monoisotopic (exact) mass is 294 g/mol. The highest BCUT2D eigenvalue weighted by Gasteiger charge is 2.28. The third-order valence-corrected chi connectivity index (χ3v) is 5.43. The molecule has 0 aliphatic heterocycles. The van der Waals surface area contributed by atoms with Crippen molar-refractivity contribution < 1.29 is 8.42 Å². The van der Waals surface area contributed by atoms with Gasteiger partial charge in [-0.15, -0.1) is 5.10 Å². The minimum atomic E-state index is -3.49. The molecule has 2 rings (SSSR count). The van der Waals surface area contributed by atoms with E-state index in [2.05, 4.69) is 29.4 Å². The van der Waals surface area contributed by atoms with Crippen molar-refractivity contribution in [2.45, 2.75) is 36.8 Å². The van der Waals surface area contributed by atoms with Gasteiger partial charge in [-0.25, -0.2) is 13.1 Å². The van der Waals surface area contributed by atoms with E-state index in [0.29, 0.717) is 11.7 Å². The highest BCUT2D eigenvalue weighted by atomic mass is 32.2. The number of hydrogen-bond donors (Lipinski definition) is 0. The minimum Gasteiger partial charge on any atom is -0.231 e. The van der Waals surface area contributed by atoms with Crippen LogP contribution in [0.2, 0.25) is 0 Å². The van der Waals surface area contributed by atoms with Crippen molar-refractivity contribution in [3.63, 3.8) is 0 Å². The Morgan fingerprint density at radius 1 is 1.10 bits per heavy atom. The molecule has 20 heavy (non-hydrogen) atoms. The van der Waals surface area contributed by atoms with Crippen LogP contribution in [0.25, 0.3) is 0 Å². The molecule has 1 aromatic carbocycles. The average molecular weight is 294 g/mol. The van der Waals surface area contributed by atoms with Crippen LogP contribution in [0.15, 0.2) is 29.2 Å². The summed E-state index contributed by atoms with van der Waals surface area (Å²) in [6.45, 7) is 5.73. The minimum absolute atomic E-state index is 0.289. The highest BCUT2D eigenvalue weighted by Crippen LogP contribution is 2.27. The lowest BCUT2D eigenvalue weighted by molar-refractivity contribution is 0.576. The molecule has 0 saturated heterocycles. The average Bonchev–Trinajstić information content (AvgIpc) is 2.84. The number of hydrogen-bond acceptors (Lipinski definition) is 5. The first-order valence-corrected chi connectivity index (χ1v) is 7.94. The zero-order valence-corrected chi connectivity index (χ0v) is 12.8. The van der Waals surface area contributed by atoms with Crippen molar-refractivity contribution in [3.05, 3.63) is 35.7 Å². The van der Waals surface area contributed by atoms with Gasteiger partial charge < -0.3 is 0 Å². The predicted octanol–water partition coefficient (Wildman–Crippen LogP) is 1.87. The number of nitrogens with zero attached hydrogens (tertiary/aromatic N) is 4. The fraction of sp³-hybridized carbons (Fsp3) is 0.462. The molecule has 0 aliphatic rings. The quantitative estimate of drug-likeness (QED) is 0.860. The number of rotatable bonds is 4. The van der Waals surface area contributed by atoms with Crippen molar-refractivity contribution in [1.29, 1.82) is 0 Å². The van der Waals surface area contributed by atoms with E-state index < -0.39 is 15.1 Å². The molecular weight excluding hydrogens is 276 g/mol. The summed E-state index contributed by atoms with van der Waals surface area (Å²) >= 11 is 0. The van der Waals surface area contributed by atoms with E-state index in [1.807, 2.05) is 12.1 Å². The lowest BCUT2D eigenvalue weighted by atomic mass is 10.0. The van der Waals surface area contributed by atoms with Gasteiger partial charge in [0.2, 0.25) is 0 Å². The summed E-state index contributed by atoms with van der Waals surface area (Å²) < 4.78 is 26.5. The van der Waals surface area contributed by atoms with Crippen molar-refractivity contribution in [3.8, 4) is 0 Å². The molecule has 1 heterocycles. The van der Waals surface area contributed by atoms with Crippen molar-refractivity contribution in [2.75, 3.05) is 0 Å². The number of sulfone groups is 1. The highest BCUT2D eigenvalue weighted by molar-refractivity contribution is 7.91. The van der Waals surface area contributed by atoms with Crippen LogP contribution >= 0.6 is 0 Å². The standard InChI is InChI=1S/C13H18N4O2S/c1-9(2)11-5-7-12(8-6-11)20(18,19)10(3)13-14-15-16-17(13)4/h5-10H,1-4H3. The van der Waals surface area contributed by atoms with Crippen LogP contribution in [0, 0.1) is 0 Å². The van der Waals surface area contributed by atoms with Gasteiger partial charge >= 0.3 is 0 Å². The Kier molecular flexibility index (Phi) is 3.89. The number of aromatic nitrogens is 4. The van der Waals surface area contributed by atoms with Gasteiger partial charge in [-0.2, -0.15) is 0 Å². The van der Waals surface area contributed by atoms with E-state index in [1.165, 1.54) is 4.68 Å². The summed E-state index contributed by atoms with van der Waals surface area (Å²) in [6, 6.07) is 6.98. The van der Waals surface area contributed by atoms with Crippen LogP contribution in [0.5, 0.6) is 0 Å². The fourth-order valence-electron chi connectivity index (χ4n) is 1.97. The third kappa shape index (κ3) is 2.58. The maximum atomic E-state index is 12.6. The van der Waals surface area contributed by atoms with Gasteiger partial charge in [0.15, 0.2) is 15.7 Å². The zero-order valence-electron chi connectivity index (χ0n) is 12.0. The summed E-state index contributed by atoms with van der Waals surface area (Å²) in [4.78, 5) is 0.289. The summed E-state index contributed by atoms with van der Waals surface area (Å²) in [5.74, 6) is 0.699. The predicted molar refractivity (Wildman–Crippen MR) is 74.9 cm³/mol. The van der Waals surface area contributed by atoms with Crippen molar-refractivity contribution >= 4 is 9.84 Å². The maximum Gasteiger partial charge on any atom is 0.188 e.